The molecule has 7 nitrogen and oxygen atoms in total. The van der Waals surface area contributed by atoms with Gasteiger partial charge < -0.3 is 10.2 Å². The van der Waals surface area contributed by atoms with Gasteiger partial charge in [-0.3, -0.25) is 9.11 Å². The molecule has 3 N–H and O–H groups in total. The van der Waals surface area contributed by atoms with Gasteiger partial charge in [-0.1, -0.05) is 0 Å². The molecule has 116 valence electrons. The Morgan fingerprint density at radius 1 is 1.00 bits per heavy atom. The van der Waals surface area contributed by atoms with Crippen LogP contribution in [0.3, 0.4) is 0 Å². The molecule has 2 heterocycles. The molecule has 3 aliphatic rings. The predicted molar refractivity (Wildman–Crippen MR) is 83.2 cm³/mol. The molecule has 0 atom stereocenters. The van der Waals surface area contributed by atoms with E-state index in [-0.39, 0.29) is 0 Å². The van der Waals surface area contributed by atoms with Gasteiger partial charge in [-0.25, -0.2) is 0 Å². The van der Waals surface area contributed by atoms with E-state index in [1.807, 2.05) is 4.90 Å². The topological polar surface area (TPSA) is 94.4 Å². The van der Waals surface area contributed by atoms with Crippen LogP contribution in [0.4, 0.5) is 11.9 Å². The lowest BCUT2D eigenvalue weighted by Crippen LogP contribution is -2.39. The Labute approximate surface area is 125 Å². The maximum Gasteiger partial charge on any atom is 0.230 e. The van der Waals surface area contributed by atoms with Gasteiger partial charge in [0, 0.05) is 25.0 Å². The fourth-order valence-electron chi connectivity index (χ4n) is 2.45. The quantitative estimate of drug-likeness (QED) is 0.781. The third kappa shape index (κ3) is 3.22. The normalized spacial score (nSPS) is 26.5. The van der Waals surface area contributed by atoms with Gasteiger partial charge in [0.2, 0.25) is 11.9 Å². The minimum Gasteiger partial charge on any atom is -0.351 e. The molecule has 8 heteroatoms. The maximum absolute atomic E-state index is 9.72. The van der Waals surface area contributed by atoms with Crippen molar-refractivity contribution in [3.05, 3.63) is 5.82 Å². The number of anilines is 2. The Balaban J connectivity index is 1.56. The van der Waals surface area contributed by atoms with Crippen molar-refractivity contribution in [2.45, 2.75) is 37.6 Å². The van der Waals surface area contributed by atoms with Crippen molar-refractivity contribution >= 4 is 22.5 Å². The van der Waals surface area contributed by atoms with Crippen LogP contribution in [0.15, 0.2) is 0 Å². The first kappa shape index (κ1) is 13.5. The monoisotopic (exact) mass is 311 g/mol. The molecule has 1 aromatic rings. The highest BCUT2D eigenvalue weighted by atomic mass is 32.3. The summed E-state index contributed by atoms with van der Waals surface area (Å²) in [5.41, 5.74) is 0. The molecule has 3 fully saturated rings. The number of nitrogens with one attached hydrogen (secondary N) is 1. The van der Waals surface area contributed by atoms with Crippen LogP contribution in [-0.2, 0) is 0 Å². The summed E-state index contributed by atoms with van der Waals surface area (Å²) in [6.45, 7) is 1.19. The van der Waals surface area contributed by atoms with Crippen molar-refractivity contribution in [3.63, 3.8) is 0 Å². The first-order chi connectivity index (χ1) is 10.1. The van der Waals surface area contributed by atoms with E-state index in [0.717, 1.165) is 18.7 Å². The van der Waals surface area contributed by atoms with Gasteiger partial charge in [0.05, 0.1) is 11.5 Å². The van der Waals surface area contributed by atoms with Crippen LogP contribution < -0.4 is 10.2 Å². The van der Waals surface area contributed by atoms with Crippen LogP contribution in [0.2, 0.25) is 0 Å². The van der Waals surface area contributed by atoms with E-state index in [0.29, 0.717) is 48.5 Å². The predicted octanol–water partition coefficient (Wildman–Crippen LogP) is 1.89. The third-order valence-electron chi connectivity index (χ3n) is 4.15. The zero-order valence-electron chi connectivity index (χ0n) is 11.9. The maximum atomic E-state index is 9.72. The summed E-state index contributed by atoms with van der Waals surface area (Å²) in [5.74, 6) is 3.55. The zero-order chi connectivity index (χ0) is 14.4. The summed E-state index contributed by atoms with van der Waals surface area (Å²) in [7, 11) is -2.39. The van der Waals surface area contributed by atoms with Crippen LogP contribution in [0, 0.1) is 0 Å². The molecule has 1 aliphatic heterocycles. The minimum atomic E-state index is -2.39. The second kappa shape index (κ2) is 4.96. The second-order valence-corrected chi connectivity index (χ2v) is 8.63. The Morgan fingerprint density at radius 3 is 2.33 bits per heavy atom. The van der Waals surface area contributed by atoms with Crippen molar-refractivity contribution in [1.82, 2.24) is 15.0 Å². The molecule has 0 bridgehead atoms. The van der Waals surface area contributed by atoms with E-state index in [4.69, 9.17) is 0 Å². The van der Waals surface area contributed by atoms with Crippen molar-refractivity contribution in [2.24, 2.45) is 0 Å². The van der Waals surface area contributed by atoms with Crippen molar-refractivity contribution in [1.29, 1.82) is 0 Å². The van der Waals surface area contributed by atoms with Crippen molar-refractivity contribution < 1.29 is 9.11 Å². The molecule has 2 saturated carbocycles. The SMILES string of the molecule is OS1(O)CCN(c2nc(NC3CC3)nc(C3CC3)n2)CC1. The van der Waals surface area contributed by atoms with E-state index in [2.05, 4.69) is 20.3 Å². The minimum absolute atomic E-state index is 0.406. The summed E-state index contributed by atoms with van der Waals surface area (Å²) in [4.78, 5) is 15.7. The highest BCUT2D eigenvalue weighted by Gasteiger charge is 2.31. The summed E-state index contributed by atoms with van der Waals surface area (Å²) in [6.07, 6.45) is 4.69. The average Bonchev–Trinajstić information content (AvgIpc) is 3.32. The van der Waals surface area contributed by atoms with Crippen LogP contribution in [0.25, 0.3) is 0 Å². The van der Waals surface area contributed by atoms with Crippen LogP contribution >= 0.6 is 10.6 Å². The summed E-state index contributed by atoms with van der Waals surface area (Å²) < 4.78 is 19.4. The molecule has 4 rings (SSSR count). The van der Waals surface area contributed by atoms with Gasteiger partial charge in [-0.15, -0.1) is 0 Å². The molecular formula is C13H21N5O2S. The van der Waals surface area contributed by atoms with Gasteiger partial charge in [-0.2, -0.15) is 25.5 Å². The summed E-state index contributed by atoms with van der Waals surface area (Å²) in [6, 6.07) is 0.514. The average molecular weight is 311 g/mol. The van der Waals surface area contributed by atoms with E-state index in [1.54, 1.807) is 0 Å². The van der Waals surface area contributed by atoms with E-state index < -0.39 is 10.6 Å². The lowest BCUT2D eigenvalue weighted by molar-refractivity contribution is 0.478. The number of hydrogen-bond donors (Lipinski definition) is 3. The van der Waals surface area contributed by atoms with Crippen molar-refractivity contribution in [2.75, 3.05) is 34.8 Å². The molecular weight excluding hydrogens is 290 g/mol. The van der Waals surface area contributed by atoms with Crippen LogP contribution in [0.5, 0.6) is 0 Å². The number of rotatable bonds is 4. The van der Waals surface area contributed by atoms with Crippen LogP contribution in [0.1, 0.15) is 37.4 Å². The van der Waals surface area contributed by atoms with Crippen molar-refractivity contribution in [3.8, 4) is 0 Å². The zero-order valence-corrected chi connectivity index (χ0v) is 12.7. The fraction of sp³-hybridized carbons (Fsp3) is 0.769. The summed E-state index contributed by atoms with van der Waals surface area (Å²) >= 11 is 0. The molecule has 0 aromatic carbocycles. The van der Waals surface area contributed by atoms with Gasteiger partial charge in [0.15, 0.2) is 0 Å². The van der Waals surface area contributed by atoms with Gasteiger partial charge >= 0.3 is 0 Å². The molecule has 0 radical (unpaired) electrons. The lowest BCUT2D eigenvalue weighted by atomic mass is 10.4. The Kier molecular flexibility index (Phi) is 3.20. The number of hydrogen-bond acceptors (Lipinski definition) is 7. The summed E-state index contributed by atoms with van der Waals surface area (Å²) in [5, 5.41) is 3.35. The molecule has 21 heavy (non-hydrogen) atoms. The molecule has 1 aromatic heterocycles. The molecule has 0 spiro atoms. The lowest BCUT2D eigenvalue weighted by Gasteiger charge is -2.40. The molecule has 0 amide bonds. The Morgan fingerprint density at radius 2 is 1.71 bits per heavy atom. The Bertz CT molecular complexity index is 537. The molecule has 2 aliphatic carbocycles. The third-order valence-corrected chi connectivity index (χ3v) is 5.83. The van der Waals surface area contributed by atoms with E-state index >= 15 is 0 Å². The van der Waals surface area contributed by atoms with Crippen LogP contribution in [-0.4, -0.2) is 54.7 Å². The highest BCUT2D eigenvalue weighted by molar-refractivity contribution is 8.24. The highest BCUT2D eigenvalue weighted by Crippen LogP contribution is 2.42. The largest absolute Gasteiger partial charge is 0.351 e. The standard InChI is InChI=1S/C13H21N5O2S/c19-21(20)7-5-18(6-8-21)13-16-11(9-1-2-9)15-12(17-13)14-10-3-4-10/h9-10,19-20H,1-8H2,(H,14,15,16,17). The smallest absolute Gasteiger partial charge is 0.230 e. The fourth-order valence-corrected chi connectivity index (χ4v) is 3.68. The van der Waals surface area contributed by atoms with Gasteiger partial charge in [-0.05, 0) is 25.7 Å². The van der Waals surface area contributed by atoms with E-state index in [1.165, 1.54) is 12.8 Å². The number of nitrogens with zero attached hydrogens (tertiary/aromatic N) is 4. The van der Waals surface area contributed by atoms with Gasteiger partial charge in [0.25, 0.3) is 0 Å². The number of aromatic nitrogens is 3. The van der Waals surface area contributed by atoms with E-state index in [9.17, 15) is 9.11 Å². The van der Waals surface area contributed by atoms with Gasteiger partial charge in [0.1, 0.15) is 5.82 Å². The first-order valence-electron chi connectivity index (χ1n) is 7.60. The Hall–Kier alpha value is -1.12. The first-order valence-corrected chi connectivity index (χ1v) is 9.49. The molecule has 0 unspecified atom stereocenters. The molecule has 1 saturated heterocycles. The second-order valence-electron chi connectivity index (χ2n) is 6.21.